The zero-order valence-electron chi connectivity index (χ0n) is 18.0. The van der Waals surface area contributed by atoms with Crippen LogP contribution in [-0.4, -0.2) is 30.4 Å². The van der Waals surface area contributed by atoms with E-state index >= 15 is 0 Å². The largest absolute Gasteiger partial charge is 0.360 e. The number of hydrogen-bond donors (Lipinski definition) is 4. The van der Waals surface area contributed by atoms with Gasteiger partial charge in [-0.2, -0.15) is 0 Å². The Labute approximate surface area is 201 Å². The molecular weight excluding hydrogens is 470 g/mol. The number of aromatic nitrogens is 4. The van der Waals surface area contributed by atoms with Gasteiger partial charge in [0, 0.05) is 40.0 Å². The summed E-state index contributed by atoms with van der Waals surface area (Å²) >= 11 is 6.46. The van der Waals surface area contributed by atoms with Gasteiger partial charge in [0.1, 0.15) is 5.82 Å². The fourth-order valence-electron chi connectivity index (χ4n) is 3.56. The van der Waals surface area contributed by atoms with Crippen LogP contribution in [0.3, 0.4) is 0 Å². The lowest BCUT2D eigenvalue weighted by Gasteiger charge is -2.15. The number of anilines is 4. The van der Waals surface area contributed by atoms with Crippen molar-refractivity contribution in [3.8, 4) is 11.3 Å². The van der Waals surface area contributed by atoms with Crippen molar-refractivity contribution in [2.75, 3.05) is 16.9 Å². The van der Waals surface area contributed by atoms with Crippen molar-refractivity contribution >= 4 is 55.4 Å². The minimum Gasteiger partial charge on any atom is -0.360 e. The van der Waals surface area contributed by atoms with Gasteiger partial charge in [0.2, 0.25) is 5.95 Å². The predicted molar refractivity (Wildman–Crippen MR) is 137 cm³/mol. The van der Waals surface area contributed by atoms with Crippen LogP contribution in [0.25, 0.3) is 22.2 Å². The molecule has 0 aliphatic carbocycles. The van der Waals surface area contributed by atoms with Crippen LogP contribution < -0.4 is 10.6 Å². The van der Waals surface area contributed by atoms with Crippen LogP contribution in [0, 0.1) is 4.78 Å². The molecule has 5 aromatic rings. The Bertz CT molecular complexity index is 1600. The van der Waals surface area contributed by atoms with Crippen molar-refractivity contribution in [3.63, 3.8) is 0 Å². The van der Waals surface area contributed by atoms with Crippen LogP contribution in [-0.2, 0) is 9.73 Å². The highest BCUT2D eigenvalue weighted by Crippen LogP contribution is 2.34. The summed E-state index contributed by atoms with van der Waals surface area (Å²) in [6.07, 6.45) is 6.48. The van der Waals surface area contributed by atoms with E-state index in [9.17, 15) is 4.21 Å². The van der Waals surface area contributed by atoms with E-state index in [1.54, 1.807) is 30.6 Å². The van der Waals surface area contributed by atoms with Crippen LogP contribution >= 0.6 is 11.6 Å². The molecular formula is C24H20ClN7OS. The molecule has 1 atom stereocenters. The first-order valence-electron chi connectivity index (χ1n) is 10.3. The third-order valence-corrected chi connectivity index (χ3v) is 6.63. The van der Waals surface area contributed by atoms with Crippen LogP contribution in [0.4, 0.5) is 23.1 Å². The summed E-state index contributed by atoms with van der Waals surface area (Å²) in [7, 11) is -2.91. The van der Waals surface area contributed by atoms with Crippen LogP contribution in [0.1, 0.15) is 0 Å². The Hall–Kier alpha value is -3.95. The summed E-state index contributed by atoms with van der Waals surface area (Å²) in [6, 6.07) is 18.5. The van der Waals surface area contributed by atoms with Gasteiger partial charge < -0.3 is 15.6 Å². The normalized spacial score (nSPS) is 12.9. The number of pyridine rings is 1. The van der Waals surface area contributed by atoms with Crippen molar-refractivity contribution in [2.45, 2.75) is 4.90 Å². The van der Waals surface area contributed by atoms with Gasteiger partial charge in [-0.05, 0) is 36.4 Å². The number of benzene rings is 2. The molecule has 0 bridgehead atoms. The van der Waals surface area contributed by atoms with E-state index in [1.165, 1.54) is 6.26 Å². The van der Waals surface area contributed by atoms with Gasteiger partial charge in [0.05, 0.1) is 38.0 Å². The van der Waals surface area contributed by atoms with Gasteiger partial charge in [0.25, 0.3) is 0 Å². The average molecular weight is 490 g/mol. The van der Waals surface area contributed by atoms with Crippen molar-refractivity contribution in [2.24, 2.45) is 0 Å². The van der Waals surface area contributed by atoms with Gasteiger partial charge in [-0.15, -0.1) is 0 Å². The van der Waals surface area contributed by atoms with E-state index in [-0.39, 0.29) is 0 Å². The summed E-state index contributed by atoms with van der Waals surface area (Å²) in [5, 5.41) is 7.86. The van der Waals surface area contributed by atoms with E-state index in [1.807, 2.05) is 48.7 Å². The van der Waals surface area contributed by atoms with Crippen molar-refractivity contribution < 1.29 is 4.21 Å². The van der Waals surface area contributed by atoms with Gasteiger partial charge in [-0.3, -0.25) is 0 Å². The maximum absolute atomic E-state index is 12.3. The molecule has 0 fully saturated rings. The molecule has 10 heteroatoms. The third-order valence-electron chi connectivity index (χ3n) is 5.20. The fraction of sp³-hybridized carbons (Fsp3) is 0.0417. The summed E-state index contributed by atoms with van der Waals surface area (Å²) in [5.41, 5.74) is 3.66. The number of rotatable bonds is 6. The number of aromatic amines is 1. The van der Waals surface area contributed by atoms with Gasteiger partial charge in [-0.25, -0.2) is 23.9 Å². The zero-order chi connectivity index (χ0) is 23.7. The lowest BCUT2D eigenvalue weighted by atomic mass is 10.1. The Morgan fingerprint density at radius 3 is 2.62 bits per heavy atom. The smallest absolute Gasteiger partial charge is 0.227 e. The van der Waals surface area contributed by atoms with Gasteiger partial charge in [-0.1, -0.05) is 35.9 Å². The minimum atomic E-state index is -2.91. The lowest BCUT2D eigenvalue weighted by Crippen LogP contribution is -2.04. The lowest BCUT2D eigenvalue weighted by molar-refractivity contribution is 0.679. The first kappa shape index (κ1) is 21.9. The molecule has 0 aliphatic rings. The second kappa shape index (κ2) is 8.77. The van der Waals surface area contributed by atoms with E-state index in [4.69, 9.17) is 16.4 Å². The SMILES string of the molecule is CS(=N)(=O)c1ccc(Nc2ncc(Cl)c(-c3c[nH]c4ccccc34)n2)c(Nc2ccccn2)c1. The highest BCUT2D eigenvalue weighted by molar-refractivity contribution is 7.91. The number of H-pyrrole nitrogens is 1. The Balaban J connectivity index is 1.55. The molecule has 0 saturated carbocycles. The highest BCUT2D eigenvalue weighted by atomic mass is 35.5. The van der Waals surface area contributed by atoms with Crippen LogP contribution in [0.5, 0.6) is 0 Å². The summed E-state index contributed by atoms with van der Waals surface area (Å²) in [4.78, 5) is 16.9. The van der Waals surface area contributed by atoms with E-state index in [0.717, 1.165) is 16.5 Å². The topological polar surface area (TPSA) is 119 Å². The number of hydrogen-bond acceptors (Lipinski definition) is 7. The second-order valence-electron chi connectivity index (χ2n) is 7.65. The molecule has 2 aromatic carbocycles. The molecule has 8 nitrogen and oxygen atoms in total. The Morgan fingerprint density at radius 1 is 1.00 bits per heavy atom. The van der Waals surface area contributed by atoms with Gasteiger partial charge >= 0.3 is 0 Å². The number of nitrogens with one attached hydrogen (secondary N) is 4. The van der Waals surface area contributed by atoms with E-state index in [2.05, 4.69) is 30.6 Å². The minimum absolute atomic E-state index is 0.338. The highest BCUT2D eigenvalue weighted by Gasteiger charge is 2.15. The molecule has 0 saturated heterocycles. The Kier molecular flexibility index (Phi) is 5.64. The molecule has 1 unspecified atom stereocenters. The molecule has 3 heterocycles. The first-order valence-corrected chi connectivity index (χ1v) is 12.6. The number of halogens is 1. The summed E-state index contributed by atoms with van der Waals surface area (Å²) in [5.74, 6) is 0.941. The maximum Gasteiger partial charge on any atom is 0.227 e. The molecule has 4 N–H and O–H groups in total. The van der Waals surface area contributed by atoms with Gasteiger partial charge in [0.15, 0.2) is 0 Å². The molecule has 0 radical (unpaired) electrons. The predicted octanol–water partition coefficient (Wildman–Crippen LogP) is 6.20. The molecule has 0 spiro atoms. The maximum atomic E-state index is 12.3. The second-order valence-corrected chi connectivity index (χ2v) is 10.2. The van der Waals surface area contributed by atoms with E-state index < -0.39 is 9.73 Å². The average Bonchev–Trinajstić information content (AvgIpc) is 3.25. The number of fused-ring (bicyclic) bond motifs is 1. The fourth-order valence-corrected chi connectivity index (χ4v) is 4.42. The Morgan fingerprint density at radius 2 is 1.82 bits per heavy atom. The first-order chi connectivity index (χ1) is 16.4. The van der Waals surface area contributed by atoms with Crippen molar-refractivity contribution in [3.05, 3.63) is 84.3 Å². The molecule has 0 amide bonds. The molecule has 3 aromatic heterocycles. The van der Waals surface area contributed by atoms with Crippen molar-refractivity contribution in [1.82, 2.24) is 19.9 Å². The quantitative estimate of drug-likeness (QED) is 0.225. The molecule has 5 rings (SSSR count). The zero-order valence-corrected chi connectivity index (χ0v) is 19.6. The number of nitrogens with zero attached hydrogens (tertiary/aromatic N) is 3. The third kappa shape index (κ3) is 4.43. The molecule has 0 aliphatic heterocycles. The molecule has 34 heavy (non-hydrogen) atoms. The number of para-hydroxylation sites is 1. The summed E-state index contributed by atoms with van der Waals surface area (Å²) < 4.78 is 20.3. The van der Waals surface area contributed by atoms with Crippen LogP contribution in [0.2, 0.25) is 5.02 Å². The molecule has 170 valence electrons. The monoisotopic (exact) mass is 489 g/mol. The van der Waals surface area contributed by atoms with E-state index in [0.29, 0.717) is 38.8 Å². The van der Waals surface area contributed by atoms with Crippen molar-refractivity contribution in [1.29, 1.82) is 4.78 Å². The summed E-state index contributed by atoms with van der Waals surface area (Å²) in [6.45, 7) is 0. The van der Waals surface area contributed by atoms with Crippen LogP contribution in [0.15, 0.2) is 84.1 Å². The standard InChI is InChI=1S/C24H20ClN7OS/c1-34(26,33)15-9-10-20(21(12-15)30-22-8-4-5-11-27-22)31-24-29-14-18(25)23(32-24)17-13-28-19-7-3-2-6-16(17)19/h2-14,26,28H,1H3,(H,27,30)(H,29,31,32).